The molecule has 3 N–H and O–H groups in total. The molecule has 1 aromatic carbocycles. The molecule has 0 unspecified atom stereocenters. The molecular weight excluding hydrogens is 276 g/mol. The number of nitrogens with one attached hydrogen (secondary N) is 3. The summed E-state index contributed by atoms with van der Waals surface area (Å²) in [5.41, 5.74) is 0.654. The second kappa shape index (κ2) is 8.76. The molecule has 0 atom stereocenters. The first kappa shape index (κ1) is 15.8. The molecule has 0 bridgehead atoms. The van der Waals surface area contributed by atoms with Gasteiger partial charge >= 0.3 is 12.1 Å². The molecule has 7 heteroatoms. The highest BCUT2D eigenvalue weighted by atomic mass is 32.2. The first-order valence-electron chi connectivity index (χ1n) is 5.80. The van der Waals surface area contributed by atoms with Crippen molar-refractivity contribution in [1.29, 1.82) is 0 Å². The number of urea groups is 2. The summed E-state index contributed by atoms with van der Waals surface area (Å²) in [5, 5.41) is 7.83. The molecule has 0 fully saturated rings. The van der Waals surface area contributed by atoms with Gasteiger partial charge in [-0.25, -0.2) is 9.59 Å². The molecule has 0 spiro atoms. The second-order valence-corrected chi connectivity index (χ2v) is 4.34. The lowest BCUT2D eigenvalue weighted by atomic mass is 10.3. The van der Waals surface area contributed by atoms with Gasteiger partial charge in [0.05, 0.1) is 0 Å². The maximum atomic E-state index is 11.7. The Bertz CT molecular complexity index is 502. The topological polar surface area (TPSA) is 82.6 Å². The van der Waals surface area contributed by atoms with E-state index in [1.54, 1.807) is 24.5 Å². The average Bonchev–Trinajstić information content (AvgIpc) is 2.45. The molecule has 106 valence electrons. The molecule has 0 aliphatic rings. The minimum absolute atomic E-state index is 0.208. The van der Waals surface area contributed by atoms with Crippen LogP contribution in [-0.4, -0.2) is 30.0 Å². The normalized spacial score (nSPS) is 10.6. The lowest BCUT2D eigenvalue weighted by Crippen LogP contribution is -2.34. The maximum Gasteiger partial charge on any atom is 0.343 e. The SMILES string of the molecule is C=CCNC(=O)N=C(NC(=O)Nc1ccccc1)SC. The lowest BCUT2D eigenvalue weighted by molar-refractivity contribution is 0.250. The Hall–Kier alpha value is -2.28. The van der Waals surface area contributed by atoms with Crippen molar-refractivity contribution in [1.82, 2.24) is 10.6 Å². The monoisotopic (exact) mass is 292 g/mol. The van der Waals surface area contributed by atoms with Crippen molar-refractivity contribution < 1.29 is 9.59 Å². The molecule has 20 heavy (non-hydrogen) atoms. The molecule has 1 aromatic rings. The number of benzene rings is 1. The number of amides is 4. The van der Waals surface area contributed by atoms with Crippen molar-refractivity contribution in [3.8, 4) is 0 Å². The van der Waals surface area contributed by atoms with Gasteiger partial charge in [0.2, 0.25) is 0 Å². The Morgan fingerprint density at radius 3 is 2.65 bits per heavy atom. The Morgan fingerprint density at radius 2 is 2.05 bits per heavy atom. The third kappa shape index (κ3) is 6.05. The molecule has 0 saturated heterocycles. The highest BCUT2D eigenvalue weighted by Crippen LogP contribution is 2.04. The van der Waals surface area contributed by atoms with E-state index in [-0.39, 0.29) is 5.17 Å². The van der Waals surface area contributed by atoms with Gasteiger partial charge in [-0.1, -0.05) is 36.0 Å². The number of hydrogen-bond donors (Lipinski definition) is 3. The van der Waals surface area contributed by atoms with E-state index in [1.807, 2.05) is 18.2 Å². The standard InChI is InChI=1S/C13H16N4O2S/c1-3-9-14-11(18)16-13(20-2)17-12(19)15-10-7-5-4-6-8-10/h3-8H,1,9H2,2H3,(H3,14,15,16,17,18,19). The summed E-state index contributed by atoms with van der Waals surface area (Å²) in [6, 6.07) is 7.99. The Kier molecular flexibility index (Phi) is 6.91. The Morgan fingerprint density at radius 1 is 1.35 bits per heavy atom. The third-order valence-corrected chi connectivity index (χ3v) is 2.63. The number of anilines is 1. The van der Waals surface area contributed by atoms with Gasteiger partial charge in [0.15, 0.2) is 5.17 Å². The van der Waals surface area contributed by atoms with Gasteiger partial charge in [-0.3, -0.25) is 5.32 Å². The van der Waals surface area contributed by atoms with Crippen LogP contribution in [0.15, 0.2) is 48.0 Å². The smallest absolute Gasteiger partial charge is 0.333 e. The molecule has 0 saturated carbocycles. The molecular formula is C13H16N4O2S. The third-order valence-electron chi connectivity index (χ3n) is 2.05. The predicted octanol–water partition coefficient (Wildman–Crippen LogP) is 2.42. The minimum atomic E-state index is -0.533. The van der Waals surface area contributed by atoms with Gasteiger partial charge in [-0.05, 0) is 18.4 Å². The van der Waals surface area contributed by atoms with Gasteiger partial charge in [-0.2, -0.15) is 4.99 Å². The van der Waals surface area contributed by atoms with Crippen LogP contribution in [-0.2, 0) is 0 Å². The Labute approximate surface area is 121 Å². The zero-order valence-corrected chi connectivity index (χ0v) is 11.9. The summed E-state index contributed by atoms with van der Waals surface area (Å²) in [6.45, 7) is 3.80. The average molecular weight is 292 g/mol. The van der Waals surface area contributed by atoms with Crippen LogP contribution in [0.25, 0.3) is 0 Å². The number of aliphatic imine (C=N–C) groups is 1. The predicted molar refractivity (Wildman–Crippen MR) is 83.1 cm³/mol. The lowest BCUT2D eigenvalue weighted by Gasteiger charge is -2.08. The fraction of sp³-hybridized carbons (Fsp3) is 0.154. The van der Waals surface area contributed by atoms with Crippen LogP contribution in [0, 0.1) is 0 Å². The number of nitrogens with zero attached hydrogens (tertiary/aromatic N) is 1. The summed E-state index contributed by atoms with van der Waals surface area (Å²) in [7, 11) is 0. The minimum Gasteiger partial charge on any atom is -0.333 e. The summed E-state index contributed by atoms with van der Waals surface area (Å²) < 4.78 is 0. The molecule has 0 aliphatic heterocycles. The van der Waals surface area contributed by atoms with Crippen LogP contribution in [0.1, 0.15) is 0 Å². The zero-order chi connectivity index (χ0) is 14.8. The second-order valence-electron chi connectivity index (χ2n) is 3.54. The zero-order valence-electron chi connectivity index (χ0n) is 11.1. The number of rotatable bonds is 3. The Balaban J connectivity index is 2.55. The summed E-state index contributed by atoms with van der Waals surface area (Å²) >= 11 is 1.16. The molecule has 0 radical (unpaired) electrons. The molecule has 1 rings (SSSR count). The van der Waals surface area contributed by atoms with Crippen LogP contribution in [0.3, 0.4) is 0 Å². The van der Waals surface area contributed by atoms with Crippen molar-refractivity contribution >= 4 is 34.7 Å². The van der Waals surface area contributed by atoms with Gasteiger partial charge in [-0.15, -0.1) is 6.58 Å². The van der Waals surface area contributed by atoms with E-state index in [0.717, 1.165) is 11.8 Å². The van der Waals surface area contributed by atoms with E-state index in [0.29, 0.717) is 12.2 Å². The van der Waals surface area contributed by atoms with Gasteiger partial charge in [0, 0.05) is 12.2 Å². The van der Waals surface area contributed by atoms with E-state index >= 15 is 0 Å². The molecule has 4 amide bonds. The number of thioether (sulfide) groups is 1. The number of hydrogen-bond acceptors (Lipinski definition) is 3. The number of carbonyl (C=O) groups excluding carboxylic acids is 2. The van der Waals surface area contributed by atoms with Crippen molar-refractivity contribution in [3.63, 3.8) is 0 Å². The highest BCUT2D eigenvalue weighted by Gasteiger charge is 2.07. The maximum absolute atomic E-state index is 11.7. The van der Waals surface area contributed by atoms with Gasteiger partial charge in [0.25, 0.3) is 0 Å². The fourth-order valence-corrected chi connectivity index (χ4v) is 1.57. The summed E-state index contributed by atoms with van der Waals surface area (Å²) in [6.07, 6.45) is 3.25. The van der Waals surface area contributed by atoms with Crippen LogP contribution in [0.5, 0.6) is 0 Å². The largest absolute Gasteiger partial charge is 0.343 e. The van der Waals surface area contributed by atoms with E-state index in [1.165, 1.54) is 0 Å². The summed E-state index contributed by atoms with van der Waals surface area (Å²) in [5.74, 6) is 0. The van der Waals surface area contributed by atoms with Crippen molar-refractivity contribution in [2.24, 2.45) is 4.99 Å². The van der Waals surface area contributed by atoms with Crippen LogP contribution in [0.4, 0.5) is 15.3 Å². The van der Waals surface area contributed by atoms with Crippen molar-refractivity contribution in [2.75, 3.05) is 18.1 Å². The van der Waals surface area contributed by atoms with Gasteiger partial charge in [0.1, 0.15) is 0 Å². The molecule has 0 aromatic heterocycles. The van der Waals surface area contributed by atoms with E-state index in [4.69, 9.17) is 0 Å². The first-order valence-corrected chi connectivity index (χ1v) is 7.02. The first-order chi connectivity index (χ1) is 9.65. The van der Waals surface area contributed by atoms with Crippen molar-refractivity contribution in [3.05, 3.63) is 43.0 Å². The van der Waals surface area contributed by atoms with Crippen LogP contribution >= 0.6 is 11.8 Å². The van der Waals surface area contributed by atoms with E-state index in [9.17, 15) is 9.59 Å². The quantitative estimate of drug-likeness (QED) is 0.454. The summed E-state index contributed by atoms with van der Waals surface area (Å²) in [4.78, 5) is 26.8. The molecule has 6 nitrogen and oxygen atoms in total. The van der Waals surface area contributed by atoms with Crippen LogP contribution < -0.4 is 16.0 Å². The highest BCUT2D eigenvalue weighted by molar-refractivity contribution is 8.13. The van der Waals surface area contributed by atoms with Crippen LogP contribution in [0.2, 0.25) is 0 Å². The number of carbonyl (C=O) groups is 2. The van der Waals surface area contributed by atoms with Gasteiger partial charge < -0.3 is 10.6 Å². The van der Waals surface area contributed by atoms with Crippen molar-refractivity contribution in [2.45, 2.75) is 0 Å². The van der Waals surface area contributed by atoms with E-state index < -0.39 is 12.1 Å². The van der Waals surface area contributed by atoms with E-state index in [2.05, 4.69) is 27.5 Å². The number of amidine groups is 1. The molecule has 0 heterocycles. The molecule has 0 aliphatic carbocycles. The number of para-hydroxylation sites is 1. The fourth-order valence-electron chi connectivity index (χ4n) is 1.20.